The molecule has 1 atom stereocenters. The Kier molecular flexibility index (Phi) is 9.51. The van der Waals surface area contributed by atoms with Crippen molar-refractivity contribution in [1.29, 1.82) is 5.41 Å². The maximum atomic E-state index is 13.3. The molecule has 1 aliphatic heterocycles. The van der Waals surface area contributed by atoms with Gasteiger partial charge in [-0.2, -0.15) is 8.78 Å². The molecular formula is C24H27F2N5O4S. The molecule has 5 N–H and O–H groups in total. The van der Waals surface area contributed by atoms with Crippen molar-refractivity contribution in [2.75, 3.05) is 19.7 Å². The zero-order valence-corrected chi connectivity index (χ0v) is 20.2. The van der Waals surface area contributed by atoms with Crippen molar-refractivity contribution in [1.82, 2.24) is 15.5 Å². The van der Waals surface area contributed by atoms with Crippen molar-refractivity contribution in [3.8, 4) is 5.75 Å². The highest BCUT2D eigenvalue weighted by Gasteiger charge is 2.38. The fourth-order valence-electron chi connectivity index (χ4n) is 3.57. The number of rotatable bonds is 11. The summed E-state index contributed by atoms with van der Waals surface area (Å²) in [6.07, 6.45) is -1.65. The highest BCUT2D eigenvalue weighted by Crippen LogP contribution is 2.27. The zero-order chi connectivity index (χ0) is 26.1. The second-order valence-corrected chi connectivity index (χ2v) is 9.08. The van der Waals surface area contributed by atoms with Gasteiger partial charge in [-0.15, -0.1) is 11.3 Å². The first kappa shape index (κ1) is 26.8. The molecule has 0 radical (unpaired) electrons. The van der Waals surface area contributed by atoms with Crippen LogP contribution in [-0.4, -0.2) is 54.2 Å². The lowest BCUT2D eigenvalue weighted by molar-refractivity contribution is -0.138. The summed E-state index contributed by atoms with van der Waals surface area (Å²) in [4.78, 5) is 39.3. The van der Waals surface area contributed by atoms with Gasteiger partial charge in [0.15, 0.2) is 0 Å². The third-order valence-electron chi connectivity index (χ3n) is 5.47. The van der Waals surface area contributed by atoms with Gasteiger partial charge in [-0.25, -0.2) is 0 Å². The van der Waals surface area contributed by atoms with Gasteiger partial charge in [0.2, 0.25) is 17.7 Å². The standard InChI is InChI=1S/C24H27F2N5O4S/c25-22(26)15-10-19(24(34)30-11-18-9-16(14-36-18)23(27)28)31(13-15)21(33)12-29-20(32)7-4-8-35-17-5-2-1-3-6-17/h1-3,5-6,9,14,19H,4,7-8,10-13H2,(H3,27,28)(H,29,32)(H,30,34). The molecule has 1 unspecified atom stereocenters. The van der Waals surface area contributed by atoms with E-state index in [0.29, 0.717) is 24.3 Å². The molecule has 0 saturated carbocycles. The number of halogens is 2. The highest BCUT2D eigenvalue weighted by atomic mass is 32.1. The summed E-state index contributed by atoms with van der Waals surface area (Å²) in [5, 5.41) is 14.2. The molecule has 1 aliphatic rings. The number of likely N-dealkylation sites (tertiary alicyclic amines) is 1. The van der Waals surface area contributed by atoms with Crippen LogP contribution in [0.3, 0.4) is 0 Å². The summed E-state index contributed by atoms with van der Waals surface area (Å²) in [5.74, 6) is -1.01. The Morgan fingerprint density at radius 1 is 1.19 bits per heavy atom. The second kappa shape index (κ2) is 12.8. The number of thiophene rings is 1. The third-order valence-corrected chi connectivity index (χ3v) is 6.40. The first-order valence-corrected chi connectivity index (χ1v) is 12.1. The Balaban J connectivity index is 1.48. The van der Waals surface area contributed by atoms with Gasteiger partial charge in [0.1, 0.15) is 17.6 Å². The smallest absolute Gasteiger partial charge is 0.271 e. The van der Waals surface area contributed by atoms with E-state index in [4.69, 9.17) is 15.9 Å². The number of nitrogens with two attached hydrogens (primary N) is 1. The van der Waals surface area contributed by atoms with Gasteiger partial charge in [-0.1, -0.05) is 18.2 Å². The first-order chi connectivity index (χ1) is 17.2. The monoisotopic (exact) mass is 519 g/mol. The highest BCUT2D eigenvalue weighted by molar-refractivity contribution is 7.10. The summed E-state index contributed by atoms with van der Waals surface area (Å²) in [7, 11) is 0. The molecule has 12 heteroatoms. The van der Waals surface area contributed by atoms with E-state index in [1.807, 2.05) is 18.2 Å². The number of para-hydroxylation sites is 1. The maximum absolute atomic E-state index is 13.3. The molecule has 192 valence electrons. The van der Waals surface area contributed by atoms with Crippen molar-refractivity contribution in [2.24, 2.45) is 5.73 Å². The number of nitrogens with one attached hydrogen (secondary N) is 3. The number of nitrogen functional groups attached to an aromatic ring is 1. The Hall–Kier alpha value is -3.80. The number of hydrogen-bond acceptors (Lipinski definition) is 6. The largest absolute Gasteiger partial charge is 0.494 e. The van der Waals surface area contributed by atoms with Crippen LogP contribution in [0.4, 0.5) is 8.78 Å². The van der Waals surface area contributed by atoms with E-state index in [1.54, 1.807) is 23.6 Å². The minimum atomic E-state index is -1.92. The number of carbonyl (C=O) groups is 3. The summed E-state index contributed by atoms with van der Waals surface area (Å²) in [6.45, 7) is -0.361. The number of amides is 3. The molecule has 36 heavy (non-hydrogen) atoms. The van der Waals surface area contributed by atoms with Crippen LogP contribution in [-0.2, 0) is 20.9 Å². The van der Waals surface area contributed by atoms with Gasteiger partial charge in [-0.05, 0) is 24.6 Å². The fourth-order valence-corrected chi connectivity index (χ4v) is 4.39. The van der Waals surface area contributed by atoms with Crippen LogP contribution in [0.15, 0.2) is 53.4 Å². The molecule has 0 aliphatic carbocycles. The SMILES string of the molecule is N=C(N)c1csc(CNC(=O)C2CC(=C(F)F)CN2C(=O)CNC(=O)CCCOc2ccccc2)c1. The van der Waals surface area contributed by atoms with Gasteiger partial charge >= 0.3 is 0 Å². The van der Waals surface area contributed by atoms with E-state index in [2.05, 4.69) is 10.6 Å². The number of ether oxygens (including phenoxy) is 1. The van der Waals surface area contributed by atoms with Crippen LogP contribution in [0, 0.1) is 5.41 Å². The molecule has 0 spiro atoms. The van der Waals surface area contributed by atoms with E-state index in [0.717, 1.165) is 9.78 Å². The predicted octanol–water partition coefficient (Wildman–Crippen LogP) is 2.38. The quantitative estimate of drug-likeness (QED) is 0.205. The minimum absolute atomic E-state index is 0.102. The van der Waals surface area contributed by atoms with E-state index >= 15 is 0 Å². The molecule has 1 aromatic heterocycles. The molecule has 0 bridgehead atoms. The molecule has 1 aromatic carbocycles. The van der Waals surface area contributed by atoms with E-state index in [9.17, 15) is 23.2 Å². The van der Waals surface area contributed by atoms with Crippen molar-refractivity contribution in [3.63, 3.8) is 0 Å². The number of carbonyl (C=O) groups excluding carboxylic acids is 3. The lowest BCUT2D eigenvalue weighted by Gasteiger charge is -2.23. The predicted molar refractivity (Wildman–Crippen MR) is 131 cm³/mol. The molecule has 1 fully saturated rings. The van der Waals surface area contributed by atoms with Crippen molar-refractivity contribution >= 4 is 34.9 Å². The van der Waals surface area contributed by atoms with Gasteiger partial charge in [0.25, 0.3) is 6.08 Å². The summed E-state index contributed by atoms with van der Waals surface area (Å²) in [5.41, 5.74) is 5.66. The van der Waals surface area contributed by atoms with Crippen LogP contribution in [0.5, 0.6) is 5.75 Å². The lowest BCUT2D eigenvalue weighted by atomic mass is 10.1. The van der Waals surface area contributed by atoms with Crippen molar-refractivity contribution in [3.05, 3.63) is 63.9 Å². The number of nitrogens with zero attached hydrogens (tertiary/aromatic N) is 1. The number of benzene rings is 1. The van der Waals surface area contributed by atoms with Gasteiger partial charge in [0.05, 0.1) is 19.7 Å². The Morgan fingerprint density at radius 2 is 1.94 bits per heavy atom. The summed E-state index contributed by atoms with van der Waals surface area (Å²) < 4.78 is 32.0. The Labute approximate surface area is 210 Å². The van der Waals surface area contributed by atoms with E-state index in [-0.39, 0.29) is 43.2 Å². The maximum Gasteiger partial charge on any atom is 0.271 e. The van der Waals surface area contributed by atoms with Crippen molar-refractivity contribution < 1.29 is 27.9 Å². The normalized spacial score (nSPS) is 14.9. The van der Waals surface area contributed by atoms with Crippen LogP contribution >= 0.6 is 11.3 Å². The van der Waals surface area contributed by atoms with E-state index in [1.165, 1.54) is 11.3 Å². The lowest BCUT2D eigenvalue weighted by Crippen LogP contribution is -2.48. The van der Waals surface area contributed by atoms with Crippen LogP contribution in [0.25, 0.3) is 0 Å². The van der Waals surface area contributed by atoms with Crippen LogP contribution in [0.1, 0.15) is 29.7 Å². The van der Waals surface area contributed by atoms with E-state index < -0.39 is 30.5 Å². The zero-order valence-electron chi connectivity index (χ0n) is 19.4. The molecule has 3 amide bonds. The minimum Gasteiger partial charge on any atom is -0.494 e. The molecule has 3 rings (SSSR count). The molecule has 2 heterocycles. The Morgan fingerprint density at radius 3 is 2.61 bits per heavy atom. The van der Waals surface area contributed by atoms with Gasteiger partial charge < -0.3 is 26.0 Å². The topological polar surface area (TPSA) is 138 Å². The molecule has 1 saturated heterocycles. The van der Waals surface area contributed by atoms with Crippen LogP contribution < -0.4 is 21.1 Å². The first-order valence-electron chi connectivity index (χ1n) is 11.2. The average Bonchev–Trinajstić information content (AvgIpc) is 3.52. The molecule has 2 aromatic rings. The number of hydrogen-bond donors (Lipinski definition) is 4. The Bertz CT molecular complexity index is 1130. The van der Waals surface area contributed by atoms with Crippen molar-refractivity contribution in [2.45, 2.75) is 31.8 Å². The molecule has 9 nitrogen and oxygen atoms in total. The van der Waals surface area contributed by atoms with Crippen LogP contribution in [0.2, 0.25) is 0 Å². The van der Waals surface area contributed by atoms with Gasteiger partial charge in [-0.3, -0.25) is 19.8 Å². The fraction of sp³-hybridized carbons (Fsp3) is 0.333. The second-order valence-electron chi connectivity index (χ2n) is 8.08. The summed E-state index contributed by atoms with van der Waals surface area (Å²) >= 11 is 1.29. The molecular weight excluding hydrogens is 492 g/mol. The summed E-state index contributed by atoms with van der Waals surface area (Å²) in [6, 6.07) is 9.67. The average molecular weight is 520 g/mol. The number of amidine groups is 1. The third kappa shape index (κ3) is 7.60. The van der Waals surface area contributed by atoms with Gasteiger partial charge in [0, 0.05) is 40.8 Å².